The Morgan fingerprint density at radius 2 is 1.74 bits per heavy atom. The maximum atomic E-state index is 12.1. The van der Waals surface area contributed by atoms with E-state index in [2.05, 4.69) is 10.0 Å². The number of benzene rings is 2. The van der Waals surface area contributed by atoms with Gasteiger partial charge in [0.05, 0.1) is 4.90 Å². The number of ether oxygens (including phenoxy) is 2. The Bertz CT molecular complexity index is 839. The summed E-state index contributed by atoms with van der Waals surface area (Å²) >= 11 is 5.78. The number of nitrogens with one attached hydrogen (secondary N) is 2. The van der Waals surface area contributed by atoms with Crippen LogP contribution in [0.2, 0.25) is 5.02 Å². The van der Waals surface area contributed by atoms with Gasteiger partial charge in [0.25, 0.3) is 5.91 Å². The van der Waals surface area contributed by atoms with Crippen LogP contribution in [-0.2, 0) is 19.6 Å². The zero-order valence-electron chi connectivity index (χ0n) is 14.8. The van der Waals surface area contributed by atoms with Crippen molar-refractivity contribution in [3.05, 3.63) is 53.6 Å². The number of amides is 1. The Morgan fingerprint density at radius 1 is 1.07 bits per heavy atom. The average Bonchev–Trinajstić information content (AvgIpc) is 2.65. The SMILES string of the molecule is COCCCNS(=O)(=O)c1ccc(NC(=O)COc2ccc(Cl)cc2)cc1. The van der Waals surface area contributed by atoms with Gasteiger partial charge in [0.1, 0.15) is 5.75 Å². The summed E-state index contributed by atoms with van der Waals surface area (Å²) in [7, 11) is -2.03. The molecule has 2 aromatic rings. The molecule has 0 unspecified atom stereocenters. The molecule has 0 saturated carbocycles. The van der Waals surface area contributed by atoms with Crippen LogP contribution < -0.4 is 14.8 Å². The Morgan fingerprint density at radius 3 is 2.37 bits per heavy atom. The van der Waals surface area contributed by atoms with Crippen molar-refractivity contribution in [2.75, 3.05) is 32.2 Å². The molecule has 0 atom stereocenters. The molecule has 27 heavy (non-hydrogen) atoms. The Balaban J connectivity index is 1.85. The predicted octanol–water partition coefficient (Wildman–Crippen LogP) is 2.67. The molecule has 0 bridgehead atoms. The summed E-state index contributed by atoms with van der Waals surface area (Å²) in [5.74, 6) is 0.161. The molecule has 0 radical (unpaired) electrons. The number of carbonyl (C=O) groups excluding carboxylic acids is 1. The number of methoxy groups -OCH3 is 1. The van der Waals surface area contributed by atoms with Gasteiger partial charge < -0.3 is 14.8 Å². The highest BCUT2D eigenvalue weighted by Crippen LogP contribution is 2.16. The van der Waals surface area contributed by atoms with Crippen molar-refractivity contribution in [1.82, 2.24) is 4.72 Å². The van der Waals surface area contributed by atoms with Crippen molar-refractivity contribution in [2.45, 2.75) is 11.3 Å². The van der Waals surface area contributed by atoms with E-state index < -0.39 is 10.0 Å². The molecule has 0 aliphatic rings. The minimum Gasteiger partial charge on any atom is -0.484 e. The fraction of sp³-hybridized carbons (Fsp3) is 0.278. The van der Waals surface area contributed by atoms with Crippen LogP contribution in [0.1, 0.15) is 6.42 Å². The van der Waals surface area contributed by atoms with Crippen LogP contribution in [-0.4, -0.2) is 41.2 Å². The van der Waals surface area contributed by atoms with E-state index in [0.717, 1.165) is 0 Å². The lowest BCUT2D eigenvalue weighted by atomic mass is 10.3. The van der Waals surface area contributed by atoms with Crippen LogP contribution in [0.15, 0.2) is 53.4 Å². The Hall–Kier alpha value is -2.13. The second-order valence-electron chi connectivity index (χ2n) is 5.56. The van der Waals surface area contributed by atoms with E-state index in [1.807, 2.05) is 0 Å². The summed E-state index contributed by atoms with van der Waals surface area (Å²) in [6.07, 6.45) is 0.581. The number of anilines is 1. The molecule has 7 nitrogen and oxygen atoms in total. The molecule has 2 N–H and O–H groups in total. The molecule has 0 heterocycles. The van der Waals surface area contributed by atoms with Gasteiger partial charge in [0, 0.05) is 31.0 Å². The number of hydrogen-bond acceptors (Lipinski definition) is 5. The molecule has 9 heteroatoms. The van der Waals surface area contributed by atoms with Crippen LogP contribution in [0.4, 0.5) is 5.69 Å². The quantitative estimate of drug-likeness (QED) is 0.585. The average molecular weight is 413 g/mol. The van der Waals surface area contributed by atoms with Gasteiger partial charge in [0.2, 0.25) is 10.0 Å². The molecule has 0 saturated heterocycles. The topological polar surface area (TPSA) is 93.7 Å². The summed E-state index contributed by atoms with van der Waals surface area (Å²) in [4.78, 5) is 12.1. The molecule has 146 valence electrons. The van der Waals surface area contributed by atoms with E-state index in [9.17, 15) is 13.2 Å². The first-order valence-corrected chi connectivity index (χ1v) is 10.0. The highest BCUT2D eigenvalue weighted by Gasteiger charge is 2.13. The first-order chi connectivity index (χ1) is 12.9. The summed E-state index contributed by atoms with van der Waals surface area (Å²) < 4.78 is 37.0. The minimum absolute atomic E-state index is 0.121. The molecule has 0 aliphatic heterocycles. The number of halogens is 1. The molecule has 0 aromatic heterocycles. The lowest BCUT2D eigenvalue weighted by Gasteiger charge is -2.09. The fourth-order valence-electron chi connectivity index (χ4n) is 2.10. The zero-order chi connectivity index (χ0) is 19.7. The standard InChI is InChI=1S/C18H21ClN2O5S/c1-25-12-2-11-20-27(23,24)17-9-5-15(6-10-17)21-18(22)13-26-16-7-3-14(19)4-8-16/h3-10,20H,2,11-13H2,1H3,(H,21,22). The number of hydrogen-bond donors (Lipinski definition) is 2. The van der Waals surface area contributed by atoms with E-state index >= 15 is 0 Å². The lowest BCUT2D eigenvalue weighted by molar-refractivity contribution is -0.118. The van der Waals surface area contributed by atoms with Crippen molar-refractivity contribution < 1.29 is 22.7 Å². The zero-order valence-corrected chi connectivity index (χ0v) is 16.3. The van der Waals surface area contributed by atoms with Crippen LogP contribution in [0.5, 0.6) is 5.75 Å². The van der Waals surface area contributed by atoms with Gasteiger partial charge in [-0.25, -0.2) is 13.1 Å². The van der Waals surface area contributed by atoms with Crippen LogP contribution in [0.3, 0.4) is 0 Å². The maximum Gasteiger partial charge on any atom is 0.262 e. The molecule has 2 rings (SSSR count). The minimum atomic E-state index is -3.59. The van der Waals surface area contributed by atoms with Gasteiger partial charge >= 0.3 is 0 Å². The van der Waals surface area contributed by atoms with Crippen molar-refractivity contribution in [2.24, 2.45) is 0 Å². The highest BCUT2D eigenvalue weighted by molar-refractivity contribution is 7.89. The highest BCUT2D eigenvalue weighted by atomic mass is 35.5. The van der Waals surface area contributed by atoms with Gasteiger partial charge in [-0.05, 0) is 55.0 Å². The maximum absolute atomic E-state index is 12.1. The number of sulfonamides is 1. The van der Waals surface area contributed by atoms with Gasteiger partial charge in [-0.2, -0.15) is 0 Å². The monoisotopic (exact) mass is 412 g/mol. The van der Waals surface area contributed by atoms with E-state index in [-0.39, 0.29) is 24.0 Å². The van der Waals surface area contributed by atoms with Crippen LogP contribution >= 0.6 is 11.6 Å². The van der Waals surface area contributed by atoms with Gasteiger partial charge in [-0.1, -0.05) is 11.6 Å². The molecular formula is C18H21ClN2O5S. The number of rotatable bonds is 10. The molecule has 0 spiro atoms. The molecule has 0 fully saturated rings. The smallest absolute Gasteiger partial charge is 0.262 e. The van der Waals surface area contributed by atoms with Gasteiger partial charge in [0.15, 0.2) is 6.61 Å². The summed E-state index contributed by atoms with van der Waals surface area (Å²) in [5.41, 5.74) is 0.470. The van der Waals surface area contributed by atoms with E-state index in [1.165, 1.54) is 24.3 Å². The molecule has 0 aliphatic carbocycles. The van der Waals surface area contributed by atoms with E-state index in [4.69, 9.17) is 21.1 Å². The van der Waals surface area contributed by atoms with Gasteiger partial charge in [-0.3, -0.25) is 4.79 Å². The van der Waals surface area contributed by atoms with E-state index in [1.54, 1.807) is 31.4 Å². The largest absolute Gasteiger partial charge is 0.484 e. The second-order valence-corrected chi connectivity index (χ2v) is 7.76. The third kappa shape index (κ3) is 7.18. The van der Waals surface area contributed by atoms with Gasteiger partial charge in [-0.15, -0.1) is 0 Å². The Labute approximate surface area is 163 Å². The van der Waals surface area contributed by atoms with Crippen LogP contribution in [0.25, 0.3) is 0 Å². The van der Waals surface area contributed by atoms with Crippen molar-refractivity contribution in [1.29, 1.82) is 0 Å². The molecule has 2 aromatic carbocycles. The van der Waals surface area contributed by atoms with Crippen LogP contribution in [0, 0.1) is 0 Å². The van der Waals surface area contributed by atoms with Crippen molar-refractivity contribution >= 4 is 33.2 Å². The summed E-state index contributed by atoms with van der Waals surface area (Å²) in [6.45, 7) is 0.588. The number of carbonyl (C=O) groups is 1. The third-order valence-electron chi connectivity index (χ3n) is 3.45. The van der Waals surface area contributed by atoms with Crippen molar-refractivity contribution in [3.8, 4) is 5.75 Å². The third-order valence-corrected chi connectivity index (χ3v) is 5.18. The summed E-state index contributed by atoms with van der Waals surface area (Å²) in [6, 6.07) is 12.5. The first-order valence-electron chi connectivity index (χ1n) is 8.17. The first kappa shape index (κ1) is 21.2. The fourth-order valence-corrected chi connectivity index (χ4v) is 3.30. The van der Waals surface area contributed by atoms with Crippen molar-refractivity contribution in [3.63, 3.8) is 0 Å². The lowest BCUT2D eigenvalue weighted by Crippen LogP contribution is -2.25. The summed E-state index contributed by atoms with van der Waals surface area (Å²) in [5, 5.41) is 3.22. The molecule has 1 amide bonds. The Kier molecular flexibility index (Phi) is 8.05. The molecular weight excluding hydrogens is 392 g/mol. The predicted molar refractivity (Wildman–Crippen MR) is 104 cm³/mol. The second kappa shape index (κ2) is 10.3. The van der Waals surface area contributed by atoms with E-state index in [0.29, 0.717) is 29.5 Å². The normalized spacial score (nSPS) is 11.2.